The van der Waals surface area contributed by atoms with Crippen LogP contribution in [-0.4, -0.2) is 52.6 Å². The molecule has 1 aromatic carbocycles. The molecule has 1 unspecified atom stereocenters. The van der Waals surface area contributed by atoms with E-state index in [2.05, 4.69) is 0 Å². The molecule has 2 aliphatic rings. The van der Waals surface area contributed by atoms with E-state index in [4.69, 9.17) is 10.5 Å². The first-order chi connectivity index (χ1) is 11.7. The number of hydrogen-bond donors (Lipinski definition) is 1. The Morgan fingerprint density at radius 3 is 2.32 bits per heavy atom. The summed E-state index contributed by atoms with van der Waals surface area (Å²) < 4.78 is 5.58. The van der Waals surface area contributed by atoms with Crippen LogP contribution in [0, 0.1) is 0 Å². The number of likely N-dealkylation sites (tertiary alicyclic amines) is 1. The van der Waals surface area contributed by atoms with Crippen LogP contribution in [0.4, 0.5) is 10.5 Å². The van der Waals surface area contributed by atoms with Gasteiger partial charge in [-0.1, -0.05) is 0 Å². The predicted octanol–water partition coefficient (Wildman–Crippen LogP) is 2.88. The van der Waals surface area contributed by atoms with Crippen molar-refractivity contribution in [2.45, 2.75) is 57.7 Å². The molecule has 2 amide bonds. The van der Waals surface area contributed by atoms with E-state index < -0.39 is 5.60 Å². The minimum Gasteiger partial charge on any atom is -0.444 e. The fourth-order valence-electron chi connectivity index (χ4n) is 3.23. The SMILES string of the molecule is CC(C)(C)OC(=O)N(C1CC1)C1CCN(C(=O)c2ccc(N)cc2)C1. The van der Waals surface area contributed by atoms with Gasteiger partial charge in [0.05, 0.1) is 6.04 Å². The minimum atomic E-state index is -0.512. The van der Waals surface area contributed by atoms with Crippen LogP contribution in [0.15, 0.2) is 24.3 Å². The molecule has 6 heteroatoms. The molecule has 0 spiro atoms. The number of carbonyl (C=O) groups excluding carboxylic acids is 2. The first kappa shape index (κ1) is 17.6. The second kappa shape index (κ2) is 6.58. The molecule has 1 saturated heterocycles. The van der Waals surface area contributed by atoms with Crippen LogP contribution in [0.2, 0.25) is 0 Å². The standard InChI is InChI=1S/C19H27N3O3/c1-19(2,3)25-18(24)22(15-8-9-15)16-10-11-21(12-16)17(23)13-4-6-14(20)7-5-13/h4-7,15-16H,8-12,20H2,1-3H3. The van der Waals surface area contributed by atoms with E-state index in [1.807, 2.05) is 30.6 Å². The Bertz CT molecular complexity index is 647. The highest BCUT2D eigenvalue weighted by molar-refractivity contribution is 5.94. The summed E-state index contributed by atoms with van der Waals surface area (Å²) in [7, 11) is 0. The number of hydrogen-bond acceptors (Lipinski definition) is 4. The van der Waals surface area contributed by atoms with Gasteiger partial charge < -0.3 is 20.3 Å². The van der Waals surface area contributed by atoms with Gasteiger partial charge in [-0.25, -0.2) is 4.79 Å². The predicted molar refractivity (Wildman–Crippen MR) is 96.3 cm³/mol. The summed E-state index contributed by atoms with van der Waals surface area (Å²) in [5.74, 6) is -0.0116. The van der Waals surface area contributed by atoms with Crippen LogP contribution in [0.25, 0.3) is 0 Å². The summed E-state index contributed by atoms with van der Waals surface area (Å²) >= 11 is 0. The molecular formula is C19H27N3O3. The molecule has 2 N–H and O–H groups in total. The molecule has 1 heterocycles. The van der Waals surface area contributed by atoms with Gasteiger partial charge in [-0.3, -0.25) is 4.79 Å². The van der Waals surface area contributed by atoms with Gasteiger partial charge in [0.15, 0.2) is 0 Å². The largest absolute Gasteiger partial charge is 0.444 e. The monoisotopic (exact) mass is 345 g/mol. The van der Waals surface area contributed by atoms with Crippen molar-refractivity contribution in [2.75, 3.05) is 18.8 Å². The average molecular weight is 345 g/mol. The lowest BCUT2D eigenvalue weighted by molar-refractivity contribution is 0.0146. The molecule has 0 radical (unpaired) electrons. The zero-order chi connectivity index (χ0) is 18.2. The normalized spacial score (nSPS) is 20.4. The summed E-state index contributed by atoms with van der Waals surface area (Å²) in [5.41, 5.74) is 6.44. The molecule has 1 atom stereocenters. The maximum absolute atomic E-state index is 12.7. The number of nitrogens with zero attached hydrogens (tertiary/aromatic N) is 2. The lowest BCUT2D eigenvalue weighted by Crippen LogP contribution is -2.46. The number of nitrogens with two attached hydrogens (primary N) is 1. The molecule has 1 aliphatic heterocycles. The number of nitrogen functional groups attached to an aromatic ring is 1. The molecular weight excluding hydrogens is 318 g/mol. The first-order valence-electron chi connectivity index (χ1n) is 8.91. The topological polar surface area (TPSA) is 75.9 Å². The molecule has 1 aliphatic carbocycles. The van der Waals surface area contributed by atoms with Crippen molar-refractivity contribution in [3.63, 3.8) is 0 Å². The smallest absolute Gasteiger partial charge is 0.410 e. The molecule has 25 heavy (non-hydrogen) atoms. The fraction of sp³-hybridized carbons (Fsp3) is 0.579. The second-order valence-electron chi connectivity index (χ2n) is 7.93. The summed E-state index contributed by atoms with van der Waals surface area (Å²) in [6.45, 7) is 6.84. The number of benzene rings is 1. The third-order valence-electron chi connectivity index (χ3n) is 4.55. The van der Waals surface area contributed by atoms with Crippen LogP contribution in [0.5, 0.6) is 0 Å². The van der Waals surface area contributed by atoms with E-state index in [9.17, 15) is 9.59 Å². The molecule has 6 nitrogen and oxygen atoms in total. The van der Waals surface area contributed by atoms with Gasteiger partial charge in [0.1, 0.15) is 5.60 Å². The Kier molecular flexibility index (Phi) is 4.62. The number of ether oxygens (including phenoxy) is 1. The van der Waals surface area contributed by atoms with Crippen molar-refractivity contribution in [1.82, 2.24) is 9.80 Å². The summed E-state index contributed by atoms with van der Waals surface area (Å²) in [6, 6.07) is 7.25. The van der Waals surface area contributed by atoms with Gasteiger partial charge in [0.25, 0.3) is 5.91 Å². The lowest BCUT2D eigenvalue weighted by atomic mass is 10.2. The molecule has 1 aromatic rings. The molecule has 0 bridgehead atoms. The van der Waals surface area contributed by atoms with Crippen molar-refractivity contribution in [3.8, 4) is 0 Å². The maximum atomic E-state index is 12.7. The molecule has 2 fully saturated rings. The van der Waals surface area contributed by atoms with Gasteiger partial charge in [0, 0.05) is 30.4 Å². The Morgan fingerprint density at radius 2 is 1.76 bits per heavy atom. The van der Waals surface area contributed by atoms with Gasteiger partial charge in [-0.05, 0) is 64.3 Å². The average Bonchev–Trinajstić information content (AvgIpc) is 3.22. The number of anilines is 1. The summed E-state index contributed by atoms with van der Waals surface area (Å²) in [6.07, 6.45) is 2.56. The first-order valence-corrected chi connectivity index (χ1v) is 8.91. The van der Waals surface area contributed by atoms with Gasteiger partial charge in [-0.15, -0.1) is 0 Å². The molecule has 1 saturated carbocycles. The van der Waals surface area contributed by atoms with Crippen molar-refractivity contribution < 1.29 is 14.3 Å². The van der Waals surface area contributed by atoms with E-state index >= 15 is 0 Å². The quantitative estimate of drug-likeness (QED) is 0.855. The minimum absolute atomic E-state index is 0.0116. The van der Waals surface area contributed by atoms with Crippen molar-refractivity contribution in [3.05, 3.63) is 29.8 Å². The highest BCUT2D eigenvalue weighted by atomic mass is 16.6. The fourth-order valence-corrected chi connectivity index (χ4v) is 3.23. The zero-order valence-corrected chi connectivity index (χ0v) is 15.2. The Balaban J connectivity index is 1.66. The molecule has 136 valence electrons. The third kappa shape index (κ3) is 4.24. The molecule has 3 rings (SSSR count). The zero-order valence-electron chi connectivity index (χ0n) is 15.2. The maximum Gasteiger partial charge on any atom is 0.410 e. The van der Waals surface area contributed by atoms with E-state index in [1.54, 1.807) is 24.3 Å². The Hall–Kier alpha value is -2.24. The van der Waals surface area contributed by atoms with Crippen molar-refractivity contribution in [2.24, 2.45) is 0 Å². The highest BCUT2D eigenvalue weighted by Crippen LogP contribution is 2.33. The van der Waals surface area contributed by atoms with Crippen LogP contribution < -0.4 is 5.73 Å². The number of carbonyl (C=O) groups is 2. The van der Waals surface area contributed by atoms with Crippen molar-refractivity contribution in [1.29, 1.82) is 0 Å². The van der Waals surface area contributed by atoms with Gasteiger partial charge in [-0.2, -0.15) is 0 Å². The van der Waals surface area contributed by atoms with Crippen LogP contribution in [-0.2, 0) is 4.74 Å². The Labute approximate surface area is 148 Å². The summed E-state index contributed by atoms with van der Waals surface area (Å²) in [5, 5.41) is 0. The van der Waals surface area contributed by atoms with E-state index in [0.29, 0.717) is 24.3 Å². The Morgan fingerprint density at radius 1 is 1.12 bits per heavy atom. The van der Waals surface area contributed by atoms with E-state index in [1.165, 1.54) is 0 Å². The lowest BCUT2D eigenvalue weighted by Gasteiger charge is -2.31. The van der Waals surface area contributed by atoms with E-state index in [0.717, 1.165) is 19.3 Å². The van der Waals surface area contributed by atoms with Gasteiger partial charge in [0.2, 0.25) is 0 Å². The van der Waals surface area contributed by atoms with E-state index in [-0.39, 0.29) is 24.1 Å². The van der Waals surface area contributed by atoms with Crippen LogP contribution in [0.3, 0.4) is 0 Å². The number of rotatable bonds is 3. The van der Waals surface area contributed by atoms with Crippen molar-refractivity contribution >= 4 is 17.7 Å². The third-order valence-corrected chi connectivity index (χ3v) is 4.55. The summed E-state index contributed by atoms with van der Waals surface area (Å²) in [4.78, 5) is 28.9. The highest BCUT2D eigenvalue weighted by Gasteiger charge is 2.42. The number of amides is 2. The van der Waals surface area contributed by atoms with Crippen LogP contribution >= 0.6 is 0 Å². The van der Waals surface area contributed by atoms with Crippen LogP contribution in [0.1, 0.15) is 50.4 Å². The molecule has 0 aromatic heterocycles. The second-order valence-corrected chi connectivity index (χ2v) is 7.93. The van der Waals surface area contributed by atoms with Gasteiger partial charge >= 0.3 is 6.09 Å².